The summed E-state index contributed by atoms with van der Waals surface area (Å²) in [7, 11) is 1.64. The average Bonchev–Trinajstić information content (AvgIpc) is 2.94. The number of methoxy groups -OCH3 is 1. The van der Waals surface area contributed by atoms with Crippen molar-refractivity contribution in [3.05, 3.63) is 28.4 Å². The van der Waals surface area contributed by atoms with Gasteiger partial charge in [0.05, 0.1) is 12.8 Å². The largest absolute Gasteiger partial charge is 0.480 e. The first-order chi connectivity index (χ1) is 8.20. The Bertz CT molecular complexity index is 479. The van der Waals surface area contributed by atoms with Crippen LogP contribution in [-0.2, 0) is 6.54 Å². The van der Waals surface area contributed by atoms with Gasteiger partial charge < -0.3 is 10.1 Å². The SMILES string of the molecule is COc1nscc1C(C)NCc1cc(C)[nH]n1. The van der Waals surface area contributed by atoms with Crippen molar-refractivity contribution in [1.29, 1.82) is 0 Å². The van der Waals surface area contributed by atoms with E-state index in [1.165, 1.54) is 11.5 Å². The minimum atomic E-state index is 0.195. The number of nitrogens with zero attached hydrogens (tertiary/aromatic N) is 2. The van der Waals surface area contributed by atoms with Gasteiger partial charge in [-0.05, 0) is 31.4 Å². The number of aromatic amines is 1. The van der Waals surface area contributed by atoms with Gasteiger partial charge in [-0.3, -0.25) is 5.10 Å². The number of rotatable bonds is 5. The van der Waals surface area contributed by atoms with E-state index in [1.54, 1.807) is 7.11 Å². The molecule has 0 amide bonds. The first-order valence-electron chi connectivity index (χ1n) is 5.43. The van der Waals surface area contributed by atoms with Crippen molar-refractivity contribution in [3.8, 4) is 5.88 Å². The fourth-order valence-corrected chi connectivity index (χ4v) is 2.36. The number of hydrogen-bond donors (Lipinski definition) is 2. The molecule has 2 aromatic heterocycles. The summed E-state index contributed by atoms with van der Waals surface area (Å²) < 4.78 is 9.37. The van der Waals surface area contributed by atoms with Gasteiger partial charge in [-0.1, -0.05) is 0 Å². The fraction of sp³-hybridized carbons (Fsp3) is 0.455. The van der Waals surface area contributed by atoms with Gasteiger partial charge in [0.1, 0.15) is 0 Å². The molecule has 0 saturated heterocycles. The predicted octanol–water partition coefficient (Wildman–Crippen LogP) is 2.03. The lowest BCUT2D eigenvalue weighted by Crippen LogP contribution is -2.18. The van der Waals surface area contributed by atoms with Crippen LogP contribution in [-0.4, -0.2) is 21.7 Å². The van der Waals surface area contributed by atoms with Gasteiger partial charge in [-0.15, -0.1) is 0 Å². The third-order valence-corrected chi connectivity index (χ3v) is 3.20. The van der Waals surface area contributed by atoms with E-state index in [0.717, 1.165) is 23.5 Å². The van der Waals surface area contributed by atoms with E-state index in [4.69, 9.17) is 4.74 Å². The van der Waals surface area contributed by atoms with Crippen molar-refractivity contribution in [2.45, 2.75) is 26.4 Å². The van der Waals surface area contributed by atoms with Gasteiger partial charge >= 0.3 is 0 Å². The maximum Gasteiger partial charge on any atom is 0.229 e. The molecule has 0 aliphatic heterocycles. The Morgan fingerprint density at radius 3 is 3.06 bits per heavy atom. The molecular formula is C11H16N4OS. The lowest BCUT2D eigenvalue weighted by molar-refractivity contribution is 0.390. The standard InChI is InChI=1S/C11H16N4OS/c1-7-4-9(14-13-7)5-12-8(2)10-6-17-15-11(10)16-3/h4,6,8,12H,5H2,1-3H3,(H,13,14). The minimum Gasteiger partial charge on any atom is -0.480 e. The predicted molar refractivity (Wildman–Crippen MR) is 67.2 cm³/mol. The average molecular weight is 252 g/mol. The number of hydrogen-bond acceptors (Lipinski definition) is 5. The smallest absolute Gasteiger partial charge is 0.229 e. The Morgan fingerprint density at radius 2 is 2.41 bits per heavy atom. The Kier molecular flexibility index (Phi) is 3.75. The van der Waals surface area contributed by atoms with Crippen LogP contribution in [0.2, 0.25) is 0 Å². The van der Waals surface area contributed by atoms with Crippen molar-refractivity contribution >= 4 is 11.5 Å². The zero-order chi connectivity index (χ0) is 12.3. The van der Waals surface area contributed by atoms with Crippen LogP contribution in [0.1, 0.15) is 29.9 Å². The zero-order valence-electron chi connectivity index (χ0n) is 10.2. The van der Waals surface area contributed by atoms with Crippen molar-refractivity contribution in [3.63, 3.8) is 0 Å². The van der Waals surface area contributed by atoms with E-state index < -0.39 is 0 Å². The molecule has 2 rings (SSSR count). The second kappa shape index (κ2) is 5.29. The Morgan fingerprint density at radius 1 is 1.59 bits per heavy atom. The summed E-state index contributed by atoms with van der Waals surface area (Å²) in [6.07, 6.45) is 0. The van der Waals surface area contributed by atoms with E-state index in [1.807, 2.05) is 18.4 Å². The zero-order valence-corrected chi connectivity index (χ0v) is 11.0. The molecule has 0 aliphatic rings. The molecule has 0 fully saturated rings. The van der Waals surface area contributed by atoms with Gasteiger partial charge in [-0.2, -0.15) is 9.47 Å². The lowest BCUT2D eigenvalue weighted by Gasteiger charge is -2.12. The van der Waals surface area contributed by atoms with Crippen LogP contribution in [0.4, 0.5) is 0 Å². The van der Waals surface area contributed by atoms with Crippen molar-refractivity contribution in [2.24, 2.45) is 0 Å². The monoisotopic (exact) mass is 252 g/mol. The number of ether oxygens (including phenoxy) is 1. The molecule has 0 bridgehead atoms. The van der Waals surface area contributed by atoms with Crippen LogP contribution >= 0.6 is 11.5 Å². The van der Waals surface area contributed by atoms with E-state index in [0.29, 0.717) is 5.88 Å². The Hall–Kier alpha value is -1.40. The molecule has 0 spiro atoms. The summed E-state index contributed by atoms with van der Waals surface area (Å²) in [4.78, 5) is 0. The molecule has 1 atom stereocenters. The maximum absolute atomic E-state index is 5.20. The number of aromatic nitrogens is 3. The van der Waals surface area contributed by atoms with Gasteiger partial charge in [0, 0.05) is 29.2 Å². The van der Waals surface area contributed by atoms with Gasteiger partial charge in [0.15, 0.2) is 0 Å². The quantitative estimate of drug-likeness (QED) is 0.854. The molecule has 92 valence electrons. The summed E-state index contributed by atoms with van der Waals surface area (Å²) in [6, 6.07) is 2.23. The van der Waals surface area contributed by atoms with Crippen LogP contribution < -0.4 is 10.1 Å². The number of nitrogens with one attached hydrogen (secondary N) is 2. The highest BCUT2D eigenvalue weighted by molar-refractivity contribution is 7.03. The molecule has 2 heterocycles. The van der Waals surface area contributed by atoms with Crippen LogP contribution in [0.25, 0.3) is 0 Å². The highest BCUT2D eigenvalue weighted by atomic mass is 32.1. The molecule has 5 nitrogen and oxygen atoms in total. The molecule has 1 unspecified atom stereocenters. The molecule has 17 heavy (non-hydrogen) atoms. The van der Waals surface area contributed by atoms with Gasteiger partial charge in [-0.25, -0.2) is 0 Å². The maximum atomic E-state index is 5.20. The molecule has 0 saturated carbocycles. The Labute approximate surface area is 104 Å². The minimum absolute atomic E-state index is 0.195. The molecular weight excluding hydrogens is 236 g/mol. The number of aryl methyl sites for hydroxylation is 1. The van der Waals surface area contributed by atoms with Crippen LogP contribution in [0.15, 0.2) is 11.4 Å². The summed E-state index contributed by atoms with van der Waals surface area (Å²) in [6.45, 7) is 4.81. The topological polar surface area (TPSA) is 62.8 Å². The number of H-pyrrole nitrogens is 1. The highest BCUT2D eigenvalue weighted by Crippen LogP contribution is 2.25. The van der Waals surface area contributed by atoms with E-state index in [9.17, 15) is 0 Å². The molecule has 2 aromatic rings. The van der Waals surface area contributed by atoms with Crippen LogP contribution in [0.5, 0.6) is 5.88 Å². The van der Waals surface area contributed by atoms with Crippen molar-refractivity contribution in [2.75, 3.05) is 7.11 Å². The second-order valence-electron chi connectivity index (χ2n) is 3.92. The van der Waals surface area contributed by atoms with E-state index in [-0.39, 0.29) is 6.04 Å². The summed E-state index contributed by atoms with van der Waals surface area (Å²) in [5, 5.41) is 12.5. The van der Waals surface area contributed by atoms with Crippen LogP contribution in [0, 0.1) is 6.92 Å². The Balaban J connectivity index is 1.95. The summed E-state index contributed by atoms with van der Waals surface area (Å²) in [5.41, 5.74) is 3.17. The third kappa shape index (κ3) is 2.83. The highest BCUT2D eigenvalue weighted by Gasteiger charge is 2.13. The van der Waals surface area contributed by atoms with E-state index in [2.05, 4.69) is 26.8 Å². The fourth-order valence-electron chi connectivity index (χ4n) is 1.61. The van der Waals surface area contributed by atoms with Gasteiger partial charge in [0.25, 0.3) is 0 Å². The normalized spacial score (nSPS) is 12.6. The lowest BCUT2D eigenvalue weighted by atomic mass is 10.2. The van der Waals surface area contributed by atoms with E-state index >= 15 is 0 Å². The van der Waals surface area contributed by atoms with Crippen molar-refractivity contribution < 1.29 is 4.74 Å². The van der Waals surface area contributed by atoms with Crippen LogP contribution in [0.3, 0.4) is 0 Å². The van der Waals surface area contributed by atoms with Gasteiger partial charge in [0.2, 0.25) is 5.88 Å². The second-order valence-corrected chi connectivity index (χ2v) is 4.55. The first kappa shape index (κ1) is 12.1. The summed E-state index contributed by atoms with van der Waals surface area (Å²) in [5.74, 6) is 0.702. The molecule has 0 aromatic carbocycles. The molecule has 0 aliphatic carbocycles. The first-order valence-corrected chi connectivity index (χ1v) is 6.27. The molecule has 6 heteroatoms. The summed E-state index contributed by atoms with van der Waals surface area (Å²) >= 11 is 1.41. The molecule has 2 N–H and O–H groups in total. The third-order valence-electron chi connectivity index (χ3n) is 2.57. The molecule has 0 radical (unpaired) electrons. The van der Waals surface area contributed by atoms with Crippen molar-refractivity contribution in [1.82, 2.24) is 19.9 Å².